The number of aliphatic hydroxyl groups is 1. The lowest BCUT2D eigenvalue weighted by Gasteiger charge is -2.36. The van der Waals surface area contributed by atoms with Crippen molar-refractivity contribution in [1.82, 2.24) is 9.30 Å². The van der Waals surface area contributed by atoms with Crippen LogP contribution >= 0.6 is 0 Å². The molecule has 6 nitrogen and oxygen atoms in total. The number of aliphatic carboxylic acids is 1. The maximum Gasteiger partial charge on any atom is 0.307 e. The number of aromatic nitrogens is 1. The number of carboxylic acids is 1. The molecule has 2 aromatic heterocycles. The zero-order valence-electron chi connectivity index (χ0n) is 17.2. The van der Waals surface area contributed by atoms with Crippen LogP contribution in [0.5, 0.6) is 0 Å². The first kappa shape index (κ1) is 20.2. The van der Waals surface area contributed by atoms with Crippen LogP contribution in [0.2, 0.25) is 0 Å². The van der Waals surface area contributed by atoms with Gasteiger partial charge in [-0.1, -0.05) is 36.4 Å². The van der Waals surface area contributed by atoms with Crippen molar-refractivity contribution >= 4 is 17.4 Å². The molecule has 4 rings (SSSR count). The van der Waals surface area contributed by atoms with Gasteiger partial charge in [0, 0.05) is 36.9 Å². The highest BCUT2D eigenvalue weighted by Crippen LogP contribution is 2.33. The third-order valence-corrected chi connectivity index (χ3v) is 6.28. The van der Waals surface area contributed by atoms with Crippen molar-refractivity contribution < 1.29 is 19.8 Å². The van der Waals surface area contributed by atoms with Crippen LogP contribution in [0.15, 0.2) is 54.7 Å². The molecule has 3 aromatic rings. The summed E-state index contributed by atoms with van der Waals surface area (Å²) in [7, 11) is 1.74. The first-order chi connectivity index (χ1) is 14.3. The van der Waals surface area contributed by atoms with Crippen molar-refractivity contribution in [3.63, 3.8) is 0 Å². The summed E-state index contributed by atoms with van der Waals surface area (Å²) in [6.45, 7) is 1.53. The quantitative estimate of drug-likeness (QED) is 0.683. The van der Waals surface area contributed by atoms with Gasteiger partial charge in [0.25, 0.3) is 5.91 Å². The van der Waals surface area contributed by atoms with Crippen molar-refractivity contribution in [3.05, 3.63) is 77.1 Å². The zero-order chi connectivity index (χ0) is 21.5. The van der Waals surface area contributed by atoms with Crippen LogP contribution < -0.4 is 0 Å². The molecule has 0 unspecified atom stereocenters. The number of hydrogen-bond acceptors (Lipinski definition) is 3. The van der Waals surface area contributed by atoms with E-state index in [1.54, 1.807) is 36.2 Å². The molecule has 2 heterocycles. The lowest BCUT2D eigenvalue weighted by molar-refractivity contribution is -0.151. The molecule has 30 heavy (non-hydrogen) atoms. The second-order valence-electron chi connectivity index (χ2n) is 8.18. The van der Waals surface area contributed by atoms with Crippen LogP contribution in [-0.4, -0.2) is 44.5 Å². The molecule has 6 heteroatoms. The smallest absolute Gasteiger partial charge is 0.307 e. The highest BCUT2D eigenvalue weighted by Gasteiger charge is 2.38. The van der Waals surface area contributed by atoms with Gasteiger partial charge in [-0.2, -0.15) is 0 Å². The Hall–Kier alpha value is -3.12. The topological polar surface area (TPSA) is 82.2 Å². The number of carbonyl (C=O) groups is 2. The molecule has 0 saturated carbocycles. The number of carboxylic acid groups (broad SMARTS) is 1. The van der Waals surface area contributed by atoms with Crippen LogP contribution in [-0.2, 0) is 34.5 Å². The average Bonchev–Trinajstić information content (AvgIpc) is 3.06. The van der Waals surface area contributed by atoms with Gasteiger partial charge >= 0.3 is 5.97 Å². The number of hydrogen-bond donors (Lipinski definition) is 2. The maximum absolute atomic E-state index is 13.2. The Morgan fingerprint density at radius 2 is 1.87 bits per heavy atom. The number of pyridine rings is 1. The van der Waals surface area contributed by atoms with E-state index >= 15 is 0 Å². The monoisotopic (exact) mass is 406 g/mol. The third-order valence-electron chi connectivity index (χ3n) is 6.28. The van der Waals surface area contributed by atoms with Crippen molar-refractivity contribution in [2.75, 3.05) is 7.05 Å². The highest BCUT2D eigenvalue weighted by atomic mass is 16.4. The summed E-state index contributed by atoms with van der Waals surface area (Å²) in [5.41, 5.74) is 2.87. The predicted molar refractivity (Wildman–Crippen MR) is 113 cm³/mol. The largest absolute Gasteiger partial charge is 0.481 e. The molecule has 156 valence electrons. The summed E-state index contributed by atoms with van der Waals surface area (Å²) >= 11 is 0. The third kappa shape index (κ3) is 3.37. The number of likely N-dealkylation sites (N-methyl/N-ethyl adjacent to an activating group) is 1. The van der Waals surface area contributed by atoms with Crippen LogP contribution in [0.4, 0.5) is 0 Å². The fourth-order valence-electron chi connectivity index (χ4n) is 4.63. The molecular formula is C24H26N2O4. The standard InChI is InChI=1S/C24H26N2O4/c1-24(30,16-8-4-3-5-9-16)23(29)25(2)17-11-12-18-19(15-22(27)28)20-10-6-7-13-26(20)21(18)14-17/h3-10,13,17,30H,11-12,14-15H2,1-2H3,(H,27,28)/t17-,24+/m1/s1. The lowest BCUT2D eigenvalue weighted by atomic mass is 9.88. The molecule has 0 saturated heterocycles. The minimum atomic E-state index is -1.61. The van der Waals surface area contributed by atoms with E-state index in [1.165, 1.54) is 6.92 Å². The van der Waals surface area contributed by atoms with E-state index in [2.05, 4.69) is 0 Å². The number of benzene rings is 1. The molecule has 0 bridgehead atoms. The van der Waals surface area contributed by atoms with Crippen molar-refractivity contribution in [1.29, 1.82) is 0 Å². The summed E-state index contributed by atoms with van der Waals surface area (Å²) in [6.07, 6.45) is 3.99. The van der Waals surface area contributed by atoms with Gasteiger partial charge in [0.1, 0.15) is 0 Å². The fourth-order valence-corrected chi connectivity index (χ4v) is 4.63. The summed E-state index contributed by atoms with van der Waals surface area (Å²) in [5.74, 6) is -1.18. The van der Waals surface area contributed by atoms with Gasteiger partial charge < -0.3 is 19.5 Å². The molecule has 1 aromatic carbocycles. The summed E-state index contributed by atoms with van der Waals surface area (Å²) in [6, 6.07) is 14.7. The van der Waals surface area contributed by atoms with E-state index in [0.717, 1.165) is 28.8 Å². The first-order valence-corrected chi connectivity index (χ1v) is 10.2. The van der Waals surface area contributed by atoms with Gasteiger partial charge in [-0.3, -0.25) is 9.59 Å². The first-order valence-electron chi connectivity index (χ1n) is 10.2. The van der Waals surface area contributed by atoms with Crippen LogP contribution in [0.3, 0.4) is 0 Å². The maximum atomic E-state index is 13.2. The Kier molecular flexibility index (Phi) is 5.12. The van der Waals surface area contributed by atoms with Crippen LogP contribution in [0, 0.1) is 0 Å². The number of carbonyl (C=O) groups excluding carboxylic acids is 1. The van der Waals surface area contributed by atoms with E-state index in [0.29, 0.717) is 18.4 Å². The Bertz CT molecular complexity index is 1100. The van der Waals surface area contributed by atoms with Crippen molar-refractivity contribution in [2.45, 2.75) is 44.2 Å². The molecule has 0 aliphatic heterocycles. The van der Waals surface area contributed by atoms with Crippen molar-refractivity contribution in [2.24, 2.45) is 0 Å². The van der Waals surface area contributed by atoms with E-state index in [-0.39, 0.29) is 18.4 Å². The van der Waals surface area contributed by atoms with E-state index in [4.69, 9.17) is 0 Å². The molecule has 1 aliphatic carbocycles. The minimum absolute atomic E-state index is 0.00893. The SMILES string of the molecule is CN(C(=O)[C@@](C)(O)c1ccccc1)[C@@H]1CCc2c(CC(=O)O)c3ccccn3c2C1. The van der Waals surface area contributed by atoms with Crippen LogP contribution in [0.25, 0.3) is 5.52 Å². The van der Waals surface area contributed by atoms with Gasteiger partial charge in [0.2, 0.25) is 0 Å². The Balaban J connectivity index is 1.64. The normalized spacial score (nSPS) is 17.9. The van der Waals surface area contributed by atoms with E-state index in [1.807, 2.05) is 34.9 Å². The van der Waals surface area contributed by atoms with Gasteiger partial charge in [0.05, 0.1) is 6.42 Å². The van der Waals surface area contributed by atoms with Gasteiger partial charge in [0.15, 0.2) is 5.60 Å². The summed E-state index contributed by atoms with van der Waals surface area (Å²) in [4.78, 5) is 26.2. The van der Waals surface area contributed by atoms with Gasteiger partial charge in [-0.05, 0) is 48.6 Å². The Labute approximate surface area is 175 Å². The zero-order valence-corrected chi connectivity index (χ0v) is 17.2. The van der Waals surface area contributed by atoms with Gasteiger partial charge in [-0.15, -0.1) is 0 Å². The molecule has 2 atom stereocenters. The van der Waals surface area contributed by atoms with Crippen molar-refractivity contribution in [3.8, 4) is 0 Å². The van der Waals surface area contributed by atoms with Gasteiger partial charge in [-0.25, -0.2) is 0 Å². The second-order valence-corrected chi connectivity index (χ2v) is 8.18. The second kappa shape index (κ2) is 7.61. The number of nitrogens with zero attached hydrogens (tertiary/aromatic N) is 2. The Morgan fingerprint density at radius 1 is 1.17 bits per heavy atom. The Morgan fingerprint density at radius 3 is 2.57 bits per heavy atom. The number of fused-ring (bicyclic) bond motifs is 3. The average molecular weight is 406 g/mol. The van der Waals surface area contributed by atoms with E-state index < -0.39 is 11.6 Å². The molecule has 1 amide bonds. The minimum Gasteiger partial charge on any atom is -0.481 e. The van der Waals surface area contributed by atoms with Crippen LogP contribution in [0.1, 0.15) is 35.7 Å². The molecule has 0 spiro atoms. The number of rotatable bonds is 5. The predicted octanol–water partition coefficient (Wildman–Crippen LogP) is 2.79. The molecule has 2 N–H and O–H groups in total. The lowest BCUT2D eigenvalue weighted by Crippen LogP contribution is -2.49. The van der Waals surface area contributed by atoms with E-state index in [9.17, 15) is 19.8 Å². The summed E-state index contributed by atoms with van der Waals surface area (Å²) in [5, 5.41) is 20.3. The summed E-state index contributed by atoms with van der Waals surface area (Å²) < 4.78 is 2.05. The molecule has 1 aliphatic rings. The molecule has 0 radical (unpaired) electrons. The highest BCUT2D eigenvalue weighted by molar-refractivity contribution is 5.86. The molecule has 0 fully saturated rings. The number of amides is 1. The fraction of sp³-hybridized carbons (Fsp3) is 0.333. The molecular weight excluding hydrogens is 380 g/mol.